The molecule has 41 heavy (non-hydrogen) atoms. The minimum Gasteiger partial charge on any atom is -0.507 e. The van der Waals surface area contributed by atoms with E-state index in [0.717, 1.165) is 67.3 Å². The largest absolute Gasteiger partial charge is 0.507 e. The van der Waals surface area contributed by atoms with E-state index in [4.69, 9.17) is 15.2 Å². The molecule has 1 saturated heterocycles. The molecule has 1 fully saturated rings. The predicted octanol–water partition coefficient (Wildman–Crippen LogP) is 7.68. The van der Waals surface area contributed by atoms with Gasteiger partial charge in [0.1, 0.15) is 18.1 Å². The van der Waals surface area contributed by atoms with Gasteiger partial charge >= 0.3 is 0 Å². The van der Waals surface area contributed by atoms with Crippen LogP contribution in [0.1, 0.15) is 82.1 Å². The number of rotatable bonds is 8. The maximum absolute atomic E-state index is 15.3. The molecule has 3 aromatic carbocycles. The van der Waals surface area contributed by atoms with Crippen molar-refractivity contribution in [2.75, 3.05) is 26.0 Å². The third-order valence-electron chi connectivity index (χ3n) is 9.30. The molecule has 0 atom stereocenters. The van der Waals surface area contributed by atoms with Crippen LogP contribution in [0.3, 0.4) is 0 Å². The first-order chi connectivity index (χ1) is 19.5. The Kier molecular flexibility index (Phi) is 8.24. The Morgan fingerprint density at radius 1 is 0.927 bits per heavy atom. The highest BCUT2D eigenvalue weighted by atomic mass is 19.1. The number of ether oxygens (including phenoxy) is 2. The number of anilines is 1. The molecule has 6 heteroatoms. The van der Waals surface area contributed by atoms with Gasteiger partial charge in [-0.15, -0.1) is 0 Å². The molecule has 0 aromatic heterocycles. The third-order valence-corrected chi connectivity index (χ3v) is 9.30. The Morgan fingerprint density at radius 2 is 1.63 bits per heavy atom. The molecule has 0 radical (unpaired) electrons. The molecule has 1 aliphatic heterocycles. The molecule has 5 rings (SSSR count). The molecular formula is C35H45FN2O3. The van der Waals surface area contributed by atoms with Gasteiger partial charge in [0.15, 0.2) is 11.6 Å². The summed E-state index contributed by atoms with van der Waals surface area (Å²) in [5.41, 5.74) is 13.1. The molecule has 1 aliphatic carbocycles. The van der Waals surface area contributed by atoms with Gasteiger partial charge < -0.3 is 20.3 Å². The number of benzene rings is 3. The molecule has 3 aromatic rings. The Labute approximate surface area is 244 Å². The number of phenolic OH excluding ortho intramolecular Hbond substituents is 1. The monoisotopic (exact) mass is 560 g/mol. The van der Waals surface area contributed by atoms with Gasteiger partial charge in [-0.3, -0.25) is 4.90 Å². The summed E-state index contributed by atoms with van der Waals surface area (Å²) in [4.78, 5) is 2.50. The molecule has 220 valence electrons. The zero-order valence-electron chi connectivity index (χ0n) is 25.3. The van der Waals surface area contributed by atoms with Crippen molar-refractivity contribution >= 4 is 5.69 Å². The first-order valence-corrected chi connectivity index (χ1v) is 15.0. The highest BCUT2D eigenvalue weighted by molar-refractivity contribution is 5.86. The average Bonchev–Trinajstić information content (AvgIpc) is 2.92. The van der Waals surface area contributed by atoms with Crippen LogP contribution in [0.15, 0.2) is 42.5 Å². The highest BCUT2D eigenvalue weighted by Crippen LogP contribution is 2.44. The SMILES string of the molecule is COc1ccc(-c2c(O)ccc3c2CCCC3)c(N)c1Cc1ccc(OCCN2C(C)(C)CCCC2(C)C)c(F)c1. The first-order valence-electron chi connectivity index (χ1n) is 15.0. The fourth-order valence-electron chi connectivity index (χ4n) is 7.22. The number of nitrogen functional groups attached to an aromatic ring is 1. The van der Waals surface area contributed by atoms with Gasteiger partial charge in [0.05, 0.1) is 7.11 Å². The molecule has 0 saturated carbocycles. The standard InChI is InChI=1S/C35H45FN2O3/c1-34(2)17-8-18-35(3,4)38(34)19-20-41-31-15-11-23(22-28(31)36)21-27-30(40-5)16-13-26(33(27)37)32-25-10-7-6-9-24(25)12-14-29(32)39/h11-16,22,39H,6-10,17-21,37H2,1-5H3. The smallest absolute Gasteiger partial charge is 0.165 e. The van der Waals surface area contributed by atoms with E-state index >= 15 is 4.39 Å². The Morgan fingerprint density at radius 3 is 2.34 bits per heavy atom. The number of nitrogens with two attached hydrogens (primary N) is 1. The minimum atomic E-state index is -0.386. The predicted molar refractivity (Wildman–Crippen MR) is 165 cm³/mol. The van der Waals surface area contributed by atoms with Crippen LogP contribution in [0.25, 0.3) is 11.1 Å². The lowest BCUT2D eigenvalue weighted by atomic mass is 9.80. The second-order valence-electron chi connectivity index (χ2n) is 12.9. The van der Waals surface area contributed by atoms with E-state index in [1.807, 2.05) is 24.3 Å². The third kappa shape index (κ3) is 5.90. The highest BCUT2D eigenvalue weighted by Gasteiger charge is 2.40. The lowest BCUT2D eigenvalue weighted by Crippen LogP contribution is -2.59. The van der Waals surface area contributed by atoms with Crippen LogP contribution < -0.4 is 15.2 Å². The number of phenols is 1. The quantitative estimate of drug-likeness (QED) is 0.277. The van der Waals surface area contributed by atoms with Crippen molar-refractivity contribution in [1.82, 2.24) is 4.90 Å². The number of methoxy groups -OCH3 is 1. The summed E-state index contributed by atoms with van der Waals surface area (Å²) in [6.45, 7) is 10.3. The summed E-state index contributed by atoms with van der Waals surface area (Å²) >= 11 is 0. The molecule has 5 nitrogen and oxygen atoms in total. The van der Waals surface area contributed by atoms with Crippen LogP contribution in [-0.4, -0.2) is 41.3 Å². The average molecular weight is 561 g/mol. The summed E-state index contributed by atoms with van der Waals surface area (Å²) in [6, 6.07) is 12.7. The summed E-state index contributed by atoms with van der Waals surface area (Å²) in [5.74, 6) is 0.749. The van der Waals surface area contributed by atoms with E-state index in [0.29, 0.717) is 24.5 Å². The van der Waals surface area contributed by atoms with Gasteiger partial charge in [-0.25, -0.2) is 4.39 Å². The fourth-order valence-corrected chi connectivity index (χ4v) is 7.22. The summed E-state index contributed by atoms with van der Waals surface area (Å²) in [7, 11) is 1.61. The summed E-state index contributed by atoms with van der Waals surface area (Å²) in [5, 5.41) is 10.9. The second kappa shape index (κ2) is 11.6. The van der Waals surface area contributed by atoms with E-state index in [9.17, 15) is 5.11 Å². The van der Waals surface area contributed by atoms with Crippen LogP contribution in [0.2, 0.25) is 0 Å². The molecule has 0 spiro atoms. The summed E-state index contributed by atoms with van der Waals surface area (Å²) < 4.78 is 26.9. The number of aryl methyl sites for hydroxylation is 1. The Balaban J connectivity index is 1.36. The second-order valence-corrected chi connectivity index (χ2v) is 12.9. The van der Waals surface area contributed by atoms with Crippen molar-refractivity contribution in [3.63, 3.8) is 0 Å². The van der Waals surface area contributed by atoms with Gasteiger partial charge in [0, 0.05) is 46.4 Å². The zero-order chi connectivity index (χ0) is 29.4. The topological polar surface area (TPSA) is 68.0 Å². The number of hydrogen-bond donors (Lipinski definition) is 2. The number of fused-ring (bicyclic) bond motifs is 1. The van der Waals surface area contributed by atoms with Gasteiger partial charge in [-0.1, -0.05) is 12.1 Å². The number of hydrogen-bond acceptors (Lipinski definition) is 5. The van der Waals surface area contributed by atoms with Crippen LogP contribution >= 0.6 is 0 Å². The van der Waals surface area contributed by atoms with E-state index in [1.54, 1.807) is 19.2 Å². The number of aromatic hydroxyl groups is 1. The number of likely N-dealkylation sites (tertiary alicyclic amines) is 1. The Hall–Kier alpha value is -3.25. The van der Waals surface area contributed by atoms with Gasteiger partial charge in [-0.05, 0) is 120 Å². The van der Waals surface area contributed by atoms with Crippen molar-refractivity contribution in [2.24, 2.45) is 0 Å². The molecule has 1 heterocycles. The van der Waals surface area contributed by atoms with Crippen molar-refractivity contribution in [1.29, 1.82) is 0 Å². The number of nitrogens with zero attached hydrogens (tertiary/aromatic N) is 1. The van der Waals surface area contributed by atoms with E-state index < -0.39 is 0 Å². The number of halogens is 1. The molecule has 2 aliphatic rings. The van der Waals surface area contributed by atoms with Gasteiger partial charge in [0.25, 0.3) is 0 Å². The van der Waals surface area contributed by atoms with Crippen LogP contribution in [0.4, 0.5) is 10.1 Å². The molecule has 0 bridgehead atoms. The number of piperidine rings is 1. The van der Waals surface area contributed by atoms with Crippen LogP contribution in [0.5, 0.6) is 17.2 Å². The van der Waals surface area contributed by atoms with Crippen molar-refractivity contribution in [2.45, 2.75) is 90.1 Å². The zero-order valence-corrected chi connectivity index (χ0v) is 25.3. The van der Waals surface area contributed by atoms with E-state index in [1.165, 1.54) is 23.6 Å². The van der Waals surface area contributed by atoms with Crippen molar-refractivity contribution < 1.29 is 19.0 Å². The maximum atomic E-state index is 15.3. The Bertz CT molecular complexity index is 1400. The van der Waals surface area contributed by atoms with E-state index in [-0.39, 0.29) is 28.4 Å². The summed E-state index contributed by atoms with van der Waals surface area (Å²) in [6.07, 6.45) is 8.09. The minimum absolute atomic E-state index is 0.0941. The lowest BCUT2D eigenvalue weighted by Gasteiger charge is -2.53. The fraction of sp³-hybridized carbons (Fsp3) is 0.486. The van der Waals surface area contributed by atoms with Gasteiger partial charge in [0.2, 0.25) is 0 Å². The van der Waals surface area contributed by atoms with Gasteiger partial charge in [-0.2, -0.15) is 0 Å². The molecule has 0 unspecified atom stereocenters. The first kappa shape index (κ1) is 29.2. The van der Waals surface area contributed by atoms with Crippen molar-refractivity contribution in [3.05, 3.63) is 70.5 Å². The normalized spacial score (nSPS) is 18.1. The van der Waals surface area contributed by atoms with Crippen molar-refractivity contribution in [3.8, 4) is 28.4 Å². The van der Waals surface area contributed by atoms with Crippen LogP contribution in [-0.2, 0) is 19.3 Å². The maximum Gasteiger partial charge on any atom is 0.165 e. The molecule has 0 amide bonds. The molecular weight excluding hydrogens is 515 g/mol. The van der Waals surface area contributed by atoms with Crippen LogP contribution in [0, 0.1) is 5.82 Å². The van der Waals surface area contributed by atoms with E-state index in [2.05, 4.69) is 32.6 Å². The lowest BCUT2D eigenvalue weighted by molar-refractivity contribution is -0.0342. The molecule has 3 N–H and O–H groups in total.